The predicted molar refractivity (Wildman–Crippen MR) is 141 cm³/mol. The number of nitrogens with zero attached hydrogens (tertiary/aromatic N) is 2. The van der Waals surface area contributed by atoms with Crippen LogP contribution in [-0.4, -0.2) is 57.2 Å². The molecule has 2 aliphatic rings. The summed E-state index contributed by atoms with van der Waals surface area (Å²) in [6.45, 7) is 0.780. The zero-order valence-electron chi connectivity index (χ0n) is 21.1. The number of aliphatic hydroxyl groups is 1. The number of aliphatic hydroxyl groups excluding tert-OH is 1. The van der Waals surface area contributed by atoms with Gasteiger partial charge in [-0.05, 0) is 60.2 Å². The molecule has 0 saturated carbocycles. The van der Waals surface area contributed by atoms with Gasteiger partial charge in [0, 0.05) is 31.0 Å². The second-order valence-corrected chi connectivity index (χ2v) is 9.05. The molecule has 5 rings (SSSR count). The molecule has 0 aromatic heterocycles. The number of ketones is 1. The summed E-state index contributed by atoms with van der Waals surface area (Å²) in [7, 11) is 5.10. The Bertz CT molecular complexity index is 1440. The van der Waals surface area contributed by atoms with E-state index in [-0.39, 0.29) is 11.3 Å². The van der Waals surface area contributed by atoms with Gasteiger partial charge in [0.15, 0.2) is 11.5 Å². The number of rotatable bonds is 5. The topological polar surface area (TPSA) is 106 Å². The highest BCUT2D eigenvalue weighted by molar-refractivity contribution is 6.51. The molecule has 1 amide bonds. The molecule has 1 atom stereocenters. The minimum Gasteiger partial charge on any atom is -0.507 e. The molecule has 1 N–H and O–H groups in total. The van der Waals surface area contributed by atoms with Crippen LogP contribution >= 0.6 is 0 Å². The number of hydrogen-bond donors (Lipinski definition) is 1. The van der Waals surface area contributed by atoms with Gasteiger partial charge in [0.05, 0.1) is 24.3 Å². The molecule has 3 aromatic rings. The Kier molecular flexibility index (Phi) is 6.50. The van der Waals surface area contributed by atoms with Gasteiger partial charge in [0.1, 0.15) is 19.0 Å². The van der Waals surface area contributed by atoms with Gasteiger partial charge in [-0.3, -0.25) is 14.5 Å². The number of carbonyl (C=O) groups is 3. The fourth-order valence-corrected chi connectivity index (χ4v) is 4.59. The molecule has 3 aromatic carbocycles. The van der Waals surface area contributed by atoms with Crippen LogP contribution in [0.4, 0.5) is 11.4 Å². The van der Waals surface area contributed by atoms with Crippen LogP contribution in [0.1, 0.15) is 27.5 Å². The predicted octanol–water partition coefficient (Wildman–Crippen LogP) is 3.94. The Morgan fingerprint density at radius 1 is 0.921 bits per heavy atom. The van der Waals surface area contributed by atoms with Crippen molar-refractivity contribution in [1.82, 2.24) is 0 Å². The summed E-state index contributed by atoms with van der Waals surface area (Å²) in [5.41, 5.74) is 2.52. The highest BCUT2D eigenvalue weighted by Gasteiger charge is 2.47. The van der Waals surface area contributed by atoms with Crippen molar-refractivity contribution >= 4 is 34.8 Å². The van der Waals surface area contributed by atoms with E-state index in [0.717, 1.165) is 5.69 Å². The van der Waals surface area contributed by atoms with Crippen molar-refractivity contribution in [2.75, 3.05) is 44.2 Å². The van der Waals surface area contributed by atoms with Crippen molar-refractivity contribution in [3.63, 3.8) is 0 Å². The molecule has 0 aliphatic carbocycles. The van der Waals surface area contributed by atoms with Crippen LogP contribution in [0.3, 0.4) is 0 Å². The number of Topliss-reactive ketones (excluding diaryl/α,β-unsaturated/α-hetero) is 1. The minimum atomic E-state index is -0.914. The fourth-order valence-electron chi connectivity index (χ4n) is 4.59. The highest BCUT2D eigenvalue weighted by atomic mass is 16.6. The fraction of sp³-hybridized carbons (Fsp3) is 0.207. The van der Waals surface area contributed by atoms with Gasteiger partial charge in [-0.1, -0.05) is 12.1 Å². The molecule has 1 unspecified atom stereocenters. The van der Waals surface area contributed by atoms with E-state index in [9.17, 15) is 19.5 Å². The molecule has 2 heterocycles. The molecule has 0 spiro atoms. The summed E-state index contributed by atoms with van der Waals surface area (Å²) in [5, 5.41) is 11.4. The Morgan fingerprint density at radius 3 is 2.18 bits per heavy atom. The molecule has 9 heteroatoms. The third-order valence-electron chi connectivity index (χ3n) is 6.55. The molecule has 1 saturated heterocycles. The lowest BCUT2D eigenvalue weighted by Crippen LogP contribution is -2.29. The monoisotopic (exact) mass is 514 g/mol. The van der Waals surface area contributed by atoms with Gasteiger partial charge in [0.2, 0.25) is 0 Å². The summed E-state index contributed by atoms with van der Waals surface area (Å²) >= 11 is 0. The third-order valence-corrected chi connectivity index (χ3v) is 6.55. The second-order valence-electron chi connectivity index (χ2n) is 9.05. The van der Waals surface area contributed by atoms with E-state index < -0.39 is 23.7 Å². The Labute approximate surface area is 219 Å². The molecule has 2 aliphatic heterocycles. The van der Waals surface area contributed by atoms with Crippen molar-refractivity contribution in [3.05, 3.63) is 89.0 Å². The number of esters is 1. The van der Waals surface area contributed by atoms with Crippen LogP contribution in [0.2, 0.25) is 0 Å². The molecule has 38 heavy (non-hydrogen) atoms. The number of methoxy groups -OCH3 is 1. The number of fused-ring (bicyclic) bond motifs is 1. The molecular weight excluding hydrogens is 488 g/mol. The van der Waals surface area contributed by atoms with Crippen molar-refractivity contribution in [1.29, 1.82) is 0 Å². The molecule has 194 valence electrons. The normalized spacial score (nSPS) is 17.9. The van der Waals surface area contributed by atoms with Gasteiger partial charge < -0.3 is 24.2 Å². The summed E-state index contributed by atoms with van der Waals surface area (Å²) in [6, 6.07) is 17.5. The number of carbonyl (C=O) groups excluding carboxylic acids is 3. The number of anilines is 2. The second kappa shape index (κ2) is 9.93. The average molecular weight is 515 g/mol. The lowest BCUT2D eigenvalue weighted by atomic mass is 9.94. The van der Waals surface area contributed by atoms with E-state index in [2.05, 4.69) is 0 Å². The van der Waals surface area contributed by atoms with Gasteiger partial charge in [-0.2, -0.15) is 0 Å². The zero-order valence-corrected chi connectivity index (χ0v) is 21.1. The van der Waals surface area contributed by atoms with Crippen LogP contribution in [-0.2, 0) is 14.3 Å². The van der Waals surface area contributed by atoms with E-state index in [4.69, 9.17) is 14.2 Å². The van der Waals surface area contributed by atoms with Crippen molar-refractivity contribution in [2.45, 2.75) is 6.04 Å². The van der Waals surface area contributed by atoms with E-state index in [1.165, 1.54) is 24.1 Å². The Hall–Kier alpha value is -4.79. The first-order valence-corrected chi connectivity index (χ1v) is 12.0. The number of benzene rings is 3. The largest absolute Gasteiger partial charge is 0.507 e. The summed E-state index contributed by atoms with van der Waals surface area (Å²) in [6.07, 6.45) is 0. The first-order chi connectivity index (χ1) is 18.3. The summed E-state index contributed by atoms with van der Waals surface area (Å²) in [5.74, 6) is -1.48. The van der Waals surface area contributed by atoms with Gasteiger partial charge >= 0.3 is 5.97 Å². The van der Waals surface area contributed by atoms with Crippen LogP contribution in [0.25, 0.3) is 5.76 Å². The Balaban J connectivity index is 1.65. The lowest BCUT2D eigenvalue weighted by Gasteiger charge is -2.26. The molecule has 0 bridgehead atoms. The number of ether oxygens (including phenoxy) is 3. The summed E-state index contributed by atoms with van der Waals surface area (Å²) < 4.78 is 16.0. The minimum absolute atomic E-state index is 0.0543. The molecule has 1 fully saturated rings. The van der Waals surface area contributed by atoms with Crippen LogP contribution < -0.4 is 19.3 Å². The SMILES string of the molecule is COC(=O)c1ccc(N2C(=O)C(=O)/C(=C(\O)c3ccc4c(c3)OCCO4)C2c2ccc(N(C)C)cc2)cc1. The quantitative estimate of drug-likeness (QED) is 0.236. The third kappa shape index (κ3) is 4.32. The van der Waals surface area contributed by atoms with Crippen LogP contribution in [0.15, 0.2) is 72.3 Å². The van der Waals surface area contributed by atoms with Crippen molar-refractivity contribution in [2.24, 2.45) is 0 Å². The molecule has 9 nitrogen and oxygen atoms in total. The maximum Gasteiger partial charge on any atom is 0.337 e. The molecule has 0 radical (unpaired) electrons. The highest BCUT2D eigenvalue weighted by Crippen LogP contribution is 2.43. The van der Waals surface area contributed by atoms with Crippen LogP contribution in [0.5, 0.6) is 11.5 Å². The first-order valence-electron chi connectivity index (χ1n) is 12.0. The standard InChI is InChI=1S/C29H26N2O7/c1-30(2)20-9-4-17(5-10-20)25-24(26(32)19-8-13-22-23(16-19)38-15-14-37-22)27(33)28(34)31(25)21-11-6-18(7-12-21)29(35)36-3/h4-13,16,25,32H,14-15H2,1-3H3/b26-24-. The van der Waals surface area contributed by atoms with E-state index >= 15 is 0 Å². The van der Waals surface area contributed by atoms with E-state index in [1.807, 2.05) is 43.3 Å². The zero-order chi connectivity index (χ0) is 27.0. The number of hydrogen-bond acceptors (Lipinski definition) is 8. The van der Waals surface area contributed by atoms with E-state index in [1.54, 1.807) is 30.3 Å². The van der Waals surface area contributed by atoms with Gasteiger partial charge in [-0.15, -0.1) is 0 Å². The van der Waals surface area contributed by atoms with Crippen molar-refractivity contribution in [3.8, 4) is 11.5 Å². The van der Waals surface area contributed by atoms with E-state index in [0.29, 0.717) is 47.1 Å². The number of amides is 1. The lowest BCUT2D eigenvalue weighted by molar-refractivity contribution is -0.132. The van der Waals surface area contributed by atoms with Crippen LogP contribution in [0, 0.1) is 0 Å². The smallest absolute Gasteiger partial charge is 0.337 e. The average Bonchev–Trinajstić information content (AvgIpc) is 3.21. The molecular formula is C29H26N2O7. The first kappa shape index (κ1) is 24.9. The van der Waals surface area contributed by atoms with Gasteiger partial charge in [-0.25, -0.2) is 4.79 Å². The van der Waals surface area contributed by atoms with Crippen molar-refractivity contribution < 1.29 is 33.7 Å². The summed E-state index contributed by atoms with van der Waals surface area (Å²) in [4.78, 5) is 42.0. The van der Waals surface area contributed by atoms with Gasteiger partial charge in [0.25, 0.3) is 11.7 Å². The Morgan fingerprint density at radius 2 is 1.55 bits per heavy atom. The maximum atomic E-state index is 13.4. The maximum absolute atomic E-state index is 13.4.